The monoisotopic (exact) mass is 318 g/mol. The molecule has 0 rings (SSSR count). The maximum absolute atomic E-state index is 5.63. The van der Waals surface area contributed by atoms with Crippen molar-refractivity contribution in [3.05, 3.63) is 0 Å². The van der Waals surface area contributed by atoms with Crippen LogP contribution in [0.4, 0.5) is 0 Å². The number of hydrogen-bond acceptors (Lipinski definition) is 2. The molecule has 0 aliphatic rings. The van der Waals surface area contributed by atoms with Crippen LogP contribution >= 0.6 is 27.5 Å². The van der Waals surface area contributed by atoms with Gasteiger partial charge in [-0.05, 0) is 40.7 Å². The largest absolute Gasteiger partial charge is 0.327 e. The lowest BCUT2D eigenvalue weighted by Gasteiger charge is -2.06. The first kappa shape index (κ1) is 18.2. The molecule has 0 aliphatic carbocycles. The Balaban J connectivity index is 3.01. The van der Waals surface area contributed by atoms with Crippen LogP contribution in [0.3, 0.4) is 0 Å². The van der Waals surface area contributed by atoms with E-state index in [2.05, 4.69) is 6.92 Å². The first-order valence-corrected chi connectivity index (χ1v) is 11.2. The van der Waals surface area contributed by atoms with Gasteiger partial charge in [0.05, 0.1) is 6.61 Å². The van der Waals surface area contributed by atoms with Gasteiger partial charge in [0.1, 0.15) is 0 Å². The molecule has 5 heteroatoms. The van der Waals surface area contributed by atoms with E-state index in [1.165, 1.54) is 57.8 Å². The zero-order valence-corrected chi connectivity index (χ0v) is 14.0. The molecule has 0 N–H and O–H groups in total. The van der Waals surface area contributed by atoms with Gasteiger partial charge in [-0.15, -0.1) is 0 Å². The molecule has 0 saturated heterocycles. The van der Waals surface area contributed by atoms with E-state index in [0.29, 0.717) is 6.61 Å². The number of rotatable bonds is 12. The molecule has 0 bridgehead atoms. The van der Waals surface area contributed by atoms with E-state index < -0.39 is 4.97 Å². The summed E-state index contributed by atoms with van der Waals surface area (Å²) in [6, 6.07) is 0. The number of unbranched alkanes of at least 4 members (excludes halogenated alkanes) is 9. The molecular weight excluding hydrogens is 294 g/mol. The molecule has 17 heavy (non-hydrogen) atoms. The van der Waals surface area contributed by atoms with Gasteiger partial charge < -0.3 is 4.52 Å². The Morgan fingerprint density at radius 2 is 1.24 bits per heavy atom. The lowest BCUT2D eigenvalue weighted by molar-refractivity contribution is 0.346. The van der Waals surface area contributed by atoms with Crippen molar-refractivity contribution in [3.8, 4) is 0 Å². The van der Waals surface area contributed by atoms with Crippen LogP contribution in [0.1, 0.15) is 71.1 Å². The highest BCUT2D eigenvalue weighted by atomic mass is 35.9. The highest BCUT2D eigenvalue weighted by Crippen LogP contribution is 2.58. The topological polar surface area (TPSA) is 9.23 Å². The summed E-state index contributed by atoms with van der Waals surface area (Å²) in [6.07, 6.45) is 13.1. The zero-order valence-electron chi connectivity index (χ0n) is 10.8. The minimum Gasteiger partial charge on any atom is -0.327 e. The average Bonchev–Trinajstić information content (AvgIpc) is 2.24. The predicted molar refractivity (Wildman–Crippen MR) is 83.8 cm³/mol. The lowest BCUT2D eigenvalue weighted by Crippen LogP contribution is -1.88. The van der Waals surface area contributed by atoms with Gasteiger partial charge in [0.15, 0.2) is 0 Å². The van der Waals surface area contributed by atoms with E-state index in [9.17, 15) is 0 Å². The molecule has 1 nitrogen and oxygen atoms in total. The van der Waals surface area contributed by atoms with Gasteiger partial charge in [-0.1, -0.05) is 64.7 Å². The Hall–Kier alpha value is 1.19. The molecule has 0 aliphatic heterocycles. The van der Waals surface area contributed by atoms with Crippen molar-refractivity contribution in [1.29, 1.82) is 0 Å². The van der Waals surface area contributed by atoms with Crippen molar-refractivity contribution < 1.29 is 4.52 Å². The SMILES string of the molecule is CCCCCCCCCCCCOP(=S)(Cl)Cl. The van der Waals surface area contributed by atoms with E-state index in [1.54, 1.807) is 0 Å². The number of halogens is 2. The van der Waals surface area contributed by atoms with Gasteiger partial charge in [-0.25, -0.2) is 0 Å². The lowest BCUT2D eigenvalue weighted by atomic mass is 10.1. The molecule has 104 valence electrons. The van der Waals surface area contributed by atoms with E-state index in [1.807, 2.05) is 0 Å². The predicted octanol–water partition coefficient (Wildman–Crippen LogP) is 6.63. The first-order valence-electron chi connectivity index (χ1n) is 6.70. The Bertz CT molecular complexity index is 209. The summed E-state index contributed by atoms with van der Waals surface area (Å²) < 4.78 is 5.16. The van der Waals surface area contributed by atoms with Gasteiger partial charge in [0, 0.05) is 0 Å². The van der Waals surface area contributed by atoms with Crippen molar-refractivity contribution in [3.63, 3.8) is 0 Å². The maximum atomic E-state index is 5.63. The molecule has 0 spiro atoms. The van der Waals surface area contributed by atoms with Crippen LogP contribution in [0.15, 0.2) is 0 Å². The fourth-order valence-electron chi connectivity index (χ4n) is 1.76. The summed E-state index contributed by atoms with van der Waals surface area (Å²) in [4.78, 5) is -2.47. The minimum atomic E-state index is -2.47. The normalized spacial score (nSPS) is 11.9. The summed E-state index contributed by atoms with van der Waals surface area (Å²) in [5.41, 5.74) is 0. The Morgan fingerprint density at radius 1 is 0.824 bits per heavy atom. The Morgan fingerprint density at radius 3 is 1.65 bits per heavy atom. The van der Waals surface area contributed by atoms with E-state index in [-0.39, 0.29) is 0 Å². The van der Waals surface area contributed by atoms with Crippen molar-refractivity contribution in [2.75, 3.05) is 6.61 Å². The molecule has 0 fully saturated rings. The molecular formula is C12H25Cl2OPS. The molecule has 0 heterocycles. The molecule has 0 aromatic heterocycles. The van der Waals surface area contributed by atoms with Crippen molar-refractivity contribution in [2.45, 2.75) is 71.1 Å². The van der Waals surface area contributed by atoms with Gasteiger partial charge in [-0.3, -0.25) is 0 Å². The minimum absolute atomic E-state index is 0.612. The third kappa shape index (κ3) is 17.2. The van der Waals surface area contributed by atoms with Crippen LogP contribution in [-0.2, 0) is 16.3 Å². The summed E-state index contributed by atoms with van der Waals surface area (Å²) in [6.45, 7) is 2.87. The third-order valence-corrected chi connectivity index (χ3v) is 4.12. The molecule has 0 aromatic rings. The van der Waals surface area contributed by atoms with Crippen molar-refractivity contribution >= 4 is 39.3 Å². The van der Waals surface area contributed by atoms with Gasteiger partial charge in [0.25, 0.3) is 0 Å². The zero-order chi connectivity index (χ0) is 13.0. The van der Waals surface area contributed by atoms with Crippen LogP contribution < -0.4 is 0 Å². The first-order chi connectivity index (χ1) is 8.06. The summed E-state index contributed by atoms with van der Waals surface area (Å²) >= 11 is 16.0. The maximum Gasteiger partial charge on any atom is 0.240 e. The second-order valence-corrected chi connectivity index (χ2v) is 11.6. The standard InChI is InChI=1S/C12H25Cl2OPS/c1-2-3-4-5-6-7-8-9-10-11-12-15-16(13,14)17/h2-12H2,1H3. The van der Waals surface area contributed by atoms with Gasteiger partial charge in [0.2, 0.25) is 4.97 Å². The second kappa shape index (κ2) is 12.2. The fraction of sp³-hybridized carbons (Fsp3) is 1.00. The Labute approximate surface area is 121 Å². The summed E-state index contributed by atoms with van der Waals surface area (Å²) in [5.74, 6) is 0. The third-order valence-electron chi connectivity index (χ3n) is 2.74. The van der Waals surface area contributed by atoms with Crippen LogP contribution in [0.2, 0.25) is 0 Å². The molecule has 0 radical (unpaired) electrons. The van der Waals surface area contributed by atoms with E-state index in [0.717, 1.165) is 6.42 Å². The van der Waals surface area contributed by atoms with Gasteiger partial charge >= 0.3 is 0 Å². The quantitative estimate of drug-likeness (QED) is 0.295. The highest BCUT2D eigenvalue weighted by Gasteiger charge is 2.06. The van der Waals surface area contributed by atoms with Crippen LogP contribution in [-0.4, -0.2) is 6.61 Å². The average molecular weight is 319 g/mol. The molecule has 0 aromatic carbocycles. The summed E-state index contributed by atoms with van der Waals surface area (Å²) in [5, 5.41) is 0. The molecule has 0 amide bonds. The molecule has 0 saturated carbocycles. The Kier molecular flexibility index (Phi) is 13.1. The highest BCUT2D eigenvalue weighted by molar-refractivity contribution is 8.36. The van der Waals surface area contributed by atoms with Crippen LogP contribution in [0.5, 0.6) is 0 Å². The molecule has 0 atom stereocenters. The van der Waals surface area contributed by atoms with E-state index >= 15 is 0 Å². The summed E-state index contributed by atoms with van der Waals surface area (Å²) in [7, 11) is 0. The van der Waals surface area contributed by atoms with Crippen LogP contribution in [0.25, 0.3) is 0 Å². The van der Waals surface area contributed by atoms with Crippen LogP contribution in [0, 0.1) is 0 Å². The van der Waals surface area contributed by atoms with Crippen molar-refractivity contribution in [2.24, 2.45) is 0 Å². The number of hydrogen-bond donors (Lipinski definition) is 0. The fourth-order valence-corrected chi connectivity index (χ4v) is 2.74. The van der Waals surface area contributed by atoms with E-state index in [4.69, 9.17) is 38.8 Å². The van der Waals surface area contributed by atoms with Gasteiger partial charge in [-0.2, -0.15) is 0 Å². The van der Waals surface area contributed by atoms with Crippen molar-refractivity contribution in [1.82, 2.24) is 0 Å². The smallest absolute Gasteiger partial charge is 0.240 e. The molecule has 0 unspecified atom stereocenters. The second-order valence-electron chi connectivity index (χ2n) is 4.43.